The molecule has 6 unspecified atom stereocenters. The minimum atomic E-state index is -1.60. The van der Waals surface area contributed by atoms with E-state index in [1.165, 1.54) is 15.8 Å². The van der Waals surface area contributed by atoms with Crippen LogP contribution in [0.3, 0.4) is 0 Å². The standard InChI is InChI=1S/C30H26ClF3N4O5S/c1-37(2)28(40)18-9-8-17(31)12-23(18)44-30-26(39)25(27-22(42-30)14-41-29(43-27)15-6-4-3-5-7-15)38-13-21(35-36-38)16-10-19(32)24(34)20(33)11-16/h3-13,22,25-27,29-30,39H,14H2,1-2H3. The second-order valence-corrected chi connectivity index (χ2v) is 12.1. The van der Waals surface area contributed by atoms with Crippen molar-refractivity contribution in [2.75, 3.05) is 20.7 Å². The molecular formula is C30H26ClF3N4O5S. The molecule has 2 saturated heterocycles. The van der Waals surface area contributed by atoms with Gasteiger partial charge in [0.05, 0.1) is 18.4 Å². The van der Waals surface area contributed by atoms with Gasteiger partial charge in [0.2, 0.25) is 0 Å². The molecule has 2 aliphatic rings. The molecule has 44 heavy (non-hydrogen) atoms. The molecule has 0 spiro atoms. The van der Waals surface area contributed by atoms with Gasteiger partial charge >= 0.3 is 0 Å². The van der Waals surface area contributed by atoms with Crippen molar-refractivity contribution in [3.05, 3.63) is 100 Å². The molecule has 0 saturated carbocycles. The summed E-state index contributed by atoms with van der Waals surface area (Å²) in [5.41, 5.74) is 0.156. The average Bonchev–Trinajstić information content (AvgIpc) is 3.50. The smallest absolute Gasteiger partial charge is 0.254 e. The number of fused-ring (bicyclic) bond motifs is 1. The highest BCUT2D eigenvalue weighted by molar-refractivity contribution is 8.00. The number of carbonyl (C=O) groups excluding carboxylic acids is 1. The number of amides is 1. The Bertz CT molecular complexity index is 1660. The molecule has 0 bridgehead atoms. The number of aliphatic hydroxyl groups excluding tert-OH is 1. The lowest BCUT2D eigenvalue weighted by atomic mass is 9.96. The zero-order valence-electron chi connectivity index (χ0n) is 23.3. The van der Waals surface area contributed by atoms with Crippen molar-refractivity contribution in [1.82, 2.24) is 19.9 Å². The summed E-state index contributed by atoms with van der Waals surface area (Å²) in [5.74, 6) is -4.61. The zero-order valence-corrected chi connectivity index (χ0v) is 24.9. The molecule has 14 heteroatoms. The predicted molar refractivity (Wildman–Crippen MR) is 154 cm³/mol. The van der Waals surface area contributed by atoms with Crippen molar-refractivity contribution in [2.24, 2.45) is 0 Å². The lowest BCUT2D eigenvalue weighted by molar-refractivity contribution is -0.306. The largest absolute Gasteiger partial charge is 0.387 e. The summed E-state index contributed by atoms with van der Waals surface area (Å²) in [4.78, 5) is 14.8. The third kappa shape index (κ3) is 5.95. The van der Waals surface area contributed by atoms with Crippen LogP contribution >= 0.6 is 23.4 Å². The van der Waals surface area contributed by atoms with E-state index in [4.69, 9.17) is 25.8 Å². The molecule has 1 N–H and O–H groups in total. The third-order valence-corrected chi connectivity index (χ3v) is 8.77. The van der Waals surface area contributed by atoms with Gasteiger partial charge < -0.3 is 24.2 Å². The highest BCUT2D eigenvalue weighted by Gasteiger charge is 2.51. The Morgan fingerprint density at radius 2 is 1.80 bits per heavy atom. The number of hydrogen-bond acceptors (Lipinski definition) is 8. The van der Waals surface area contributed by atoms with E-state index in [0.717, 1.165) is 29.5 Å². The molecule has 6 atom stereocenters. The molecule has 230 valence electrons. The van der Waals surface area contributed by atoms with Crippen LogP contribution in [0.2, 0.25) is 5.02 Å². The molecule has 2 aliphatic heterocycles. The Balaban J connectivity index is 1.36. The molecule has 0 radical (unpaired) electrons. The molecule has 4 aromatic rings. The van der Waals surface area contributed by atoms with Crippen molar-refractivity contribution in [3.63, 3.8) is 0 Å². The van der Waals surface area contributed by atoms with E-state index in [0.29, 0.717) is 15.5 Å². The SMILES string of the molecule is CN(C)C(=O)c1ccc(Cl)cc1SC1OC2COC(c3ccccc3)OC2C(n2cc(-c3cc(F)c(F)c(F)c3)nn2)C1O. The monoisotopic (exact) mass is 646 g/mol. The van der Waals surface area contributed by atoms with Gasteiger partial charge in [-0.1, -0.05) is 58.9 Å². The Kier molecular flexibility index (Phi) is 8.68. The molecule has 9 nitrogen and oxygen atoms in total. The lowest BCUT2D eigenvalue weighted by Crippen LogP contribution is -2.58. The van der Waals surface area contributed by atoms with Crippen LogP contribution in [0.1, 0.15) is 28.3 Å². The topological polar surface area (TPSA) is 98.9 Å². The van der Waals surface area contributed by atoms with Gasteiger partial charge in [-0.25, -0.2) is 17.9 Å². The van der Waals surface area contributed by atoms with Gasteiger partial charge in [-0.05, 0) is 30.3 Å². The number of aliphatic hydroxyl groups is 1. The summed E-state index contributed by atoms with van der Waals surface area (Å²) in [6.45, 7) is 0.0967. The number of benzene rings is 3. The third-order valence-electron chi connectivity index (χ3n) is 7.32. The summed E-state index contributed by atoms with van der Waals surface area (Å²) < 4.78 is 61.6. The second kappa shape index (κ2) is 12.5. The summed E-state index contributed by atoms with van der Waals surface area (Å²) in [6, 6.07) is 14.7. The minimum absolute atomic E-state index is 0.0440. The molecular weight excluding hydrogens is 621 g/mol. The van der Waals surface area contributed by atoms with Gasteiger partial charge in [-0.15, -0.1) is 5.10 Å². The van der Waals surface area contributed by atoms with E-state index >= 15 is 0 Å². The molecule has 0 aliphatic carbocycles. The number of carbonyl (C=O) groups is 1. The van der Waals surface area contributed by atoms with Crippen molar-refractivity contribution in [3.8, 4) is 11.3 Å². The van der Waals surface area contributed by atoms with Gasteiger partial charge in [-0.3, -0.25) is 4.79 Å². The second-order valence-electron chi connectivity index (χ2n) is 10.5. The van der Waals surface area contributed by atoms with Crippen molar-refractivity contribution in [2.45, 2.75) is 41.0 Å². The van der Waals surface area contributed by atoms with Crippen LogP contribution < -0.4 is 0 Å². The highest BCUT2D eigenvalue weighted by atomic mass is 35.5. The number of aromatic nitrogens is 3. The Morgan fingerprint density at radius 1 is 1.07 bits per heavy atom. The van der Waals surface area contributed by atoms with Crippen LogP contribution in [0.25, 0.3) is 11.3 Å². The van der Waals surface area contributed by atoms with Crippen molar-refractivity contribution in [1.29, 1.82) is 0 Å². The van der Waals surface area contributed by atoms with Crippen molar-refractivity contribution < 1.29 is 37.3 Å². The number of nitrogens with zero attached hydrogens (tertiary/aromatic N) is 4. The van der Waals surface area contributed by atoms with Crippen LogP contribution in [0.15, 0.2) is 71.8 Å². The normalized spacial score (nSPS) is 25.0. The number of ether oxygens (including phenoxy) is 3. The fourth-order valence-corrected chi connectivity index (χ4v) is 6.62. The maximum absolute atomic E-state index is 14.0. The van der Waals surface area contributed by atoms with E-state index in [9.17, 15) is 23.1 Å². The van der Waals surface area contributed by atoms with Crippen LogP contribution in [-0.4, -0.2) is 75.4 Å². The number of rotatable bonds is 6. The van der Waals surface area contributed by atoms with Gasteiger partial charge in [-0.2, -0.15) is 0 Å². The van der Waals surface area contributed by atoms with Gasteiger partial charge in [0.15, 0.2) is 23.7 Å². The maximum atomic E-state index is 14.0. The molecule has 2 fully saturated rings. The fraction of sp³-hybridized carbons (Fsp3) is 0.300. The first-order chi connectivity index (χ1) is 21.1. The predicted octanol–water partition coefficient (Wildman–Crippen LogP) is 5.25. The zero-order chi connectivity index (χ0) is 31.1. The van der Waals surface area contributed by atoms with Crippen molar-refractivity contribution >= 4 is 29.3 Å². The minimum Gasteiger partial charge on any atom is -0.387 e. The number of hydrogen-bond donors (Lipinski definition) is 1. The Hall–Kier alpha value is -3.46. The van der Waals surface area contributed by atoms with Gasteiger partial charge in [0, 0.05) is 35.1 Å². The Morgan fingerprint density at radius 3 is 2.50 bits per heavy atom. The number of thioether (sulfide) groups is 1. The van der Waals surface area contributed by atoms with E-state index < -0.39 is 53.5 Å². The Labute approximate surface area is 259 Å². The lowest BCUT2D eigenvalue weighted by Gasteiger charge is -2.47. The highest BCUT2D eigenvalue weighted by Crippen LogP contribution is 2.44. The summed E-state index contributed by atoms with van der Waals surface area (Å²) in [7, 11) is 3.25. The van der Waals surface area contributed by atoms with Gasteiger partial charge in [0.25, 0.3) is 5.91 Å². The molecule has 3 aromatic carbocycles. The van der Waals surface area contributed by atoms with Crippen LogP contribution in [0, 0.1) is 17.5 Å². The summed E-state index contributed by atoms with van der Waals surface area (Å²) in [5, 5.41) is 20.4. The van der Waals surface area contributed by atoms with Crippen LogP contribution in [-0.2, 0) is 14.2 Å². The number of halogens is 4. The summed E-state index contributed by atoms with van der Waals surface area (Å²) in [6.07, 6.45) is -2.18. The van der Waals surface area contributed by atoms with Crippen LogP contribution in [0.4, 0.5) is 13.2 Å². The molecule has 1 amide bonds. The van der Waals surface area contributed by atoms with E-state index in [2.05, 4.69) is 10.3 Å². The first-order valence-corrected chi connectivity index (χ1v) is 14.8. The molecule has 6 rings (SSSR count). The van der Waals surface area contributed by atoms with E-state index in [1.54, 1.807) is 32.3 Å². The maximum Gasteiger partial charge on any atom is 0.254 e. The van der Waals surface area contributed by atoms with E-state index in [-0.39, 0.29) is 23.8 Å². The average molecular weight is 647 g/mol. The first kappa shape index (κ1) is 30.6. The van der Waals surface area contributed by atoms with Crippen LogP contribution in [0.5, 0.6) is 0 Å². The summed E-state index contributed by atoms with van der Waals surface area (Å²) >= 11 is 7.38. The first-order valence-electron chi connectivity index (χ1n) is 13.5. The molecule has 3 heterocycles. The van der Waals surface area contributed by atoms with Gasteiger partial charge in [0.1, 0.15) is 35.5 Å². The molecule has 1 aromatic heterocycles. The quantitative estimate of drug-likeness (QED) is 0.284. The van der Waals surface area contributed by atoms with E-state index in [1.807, 2.05) is 30.3 Å². The fourth-order valence-electron chi connectivity index (χ4n) is 5.16.